The van der Waals surface area contributed by atoms with E-state index in [-0.39, 0.29) is 22.6 Å². The van der Waals surface area contributed by atoms with E-state index >= 15 is 0 Å². The lowest BCUT2D eigenvalue weighted by molar-refractivity contribution is -0.113. The van der Waals surface area contributed by atoms with Gasteiger partial charge in [-0.05, 0) is 48.7 Å². The smallest absolute Gasteiger partial charge is 0.243 e. The number of aliphatic imine (C=N–C) groups is 1. The van der Waals surface area contributed by atoms with Crippen molar-refractivity contribution in [1.29, 1.82) is 0 Å². The lowest BCUT2D eigenvalue weighted by Gasteiger charge is -2.30. The number of anilines is 1. The first-order valence-corrected chi connectivity index (χ1v) is 14.1. The zero-order valence-corrected chi connectivity index (χ0v) is 20.4. The predicted octanol–water partition coefficient (Wildman–Crippen LogP) is 5.25. The second-order valence-electron chi connectivity index (χ2n) is 7.97. The Kier molecular flexibility index (Phi) is 7.60. The largest absolute Gasteiger partial charge is 0.325 e. The third kappa shape index (κ3) is 5.57. The average molecular weight is 490 g/mol. The molecule has 1 saturated carbocycles. The molecule has 2 aliphatic rings. The SMILES string of the molecule is CN(C1CCCCC1)S(=O)(=O)c1ccc(NC(=O)CSC2=Nc3ccccc3CS2)cc1. The van der Waals surface area contributed by atoms with Crippen molar-refractivity contribution < 1.29 is 13.2 Å². The highest BCUT2D eigenvalue weighted by atomic mass is 32.2. The number of fused-ring (bicyclic) bond motifs is 1. The van der Waals surface area contributed by atoms with Crippen LogP contribution in [-0.4, -0.2) is 41.8 Å². The van der Waals surface area contributed by atoms with Crippen molar-refractivity contribution >= 4 is 55.2 Å². The lowest BCUT2D eigenvalue weighted by Crippen LogP contribution is -2.38. The van der Waals surface area contributed by atoms with Crippen molar-refractivity contribution in [2.24, 2.45) is 4.99 Å². The van der Waals surface area contributed by atoms with Gasteiger partial charge in [0.1, 0.15) is 4.38 Å². The van der Waals surface area contributed by atoms with Gasteiger partial charge in [-0.2, -0.15) is 4.31 Å². The van der Waals surface area contributed by atoms with Gasteiger partial charge in [0, 0.05) is 24.5 Å². The maximum atomic E-state index is 12.9. The molecule has 1 aliphatic carbocycles. The molecule has 4 rings (SSSR count). The summed E-state index contributed by atoms with van der Waals surface area (Å²) in [6, 6.07) is 14.5. The van der Waals surface area contributed by atoms with Crippen molar-refractivity contribution in [3.63, 3.8) is 0 Å². The molecule has 6 nitrogen and oxygen atoms in total. The van der Waals surface area contributed by atoms with Crippen molar-refractivity contribution in [2.75, 3.05) is 18.1 Å². The fourth-order valence-electron chi connectivity index (χ4n) is 3.93. The number of nitrogens with zero attached hydrogens (tertiary/aromatic N) is 2. The molecule has 1 amide bonds. The molecule has 32 heavy (non-hydrogen) atoms. The summed E-state index contributed by atoms with van der Waals surface area (Å²) < 4.78 is 28.3. The standard InChI is InChI=1S/C23H27N3O3S3/c1-26(19-8-3-2-4-9-19)32(28,29)20-13-11-18(12-14-20)24-22(27)16-31-23-25-21-10-6-5-7-17(21)15-30-23/h5-7,10-14,19H,2-4,8-9,15-16H2,1H3,(H,24,27). The van der Waals surface area contributed by atoms with Gasteiger partial charge in [-0.15, -0.1) is 0 Å². The lowest BCUT2D eigenvalue weighted by atomic mass is 9.96. The second kappa shape index (κ2) is 10.4. The van der Waals surface area contributed by atoms with Gasteiger partial charge in [0.25, 0.3) is 0 Å². The molecule has 1 aliphatic heterocycles. The fraction of sp³-hybridized carbons (Fsp3) is 0.391. The number of thioether (sulfide) groups is 2. The number of carbonyl (C=O) groups is 1. The molecule has 9 heteroatoms. The van der Waals surface area contributed by atoms with E-state index in [2.05, 4.69) is 16.4 Å². The molecule has 170 valence electrons. The van der Waals surface area contributed by atoms with Crippen LogP contribution in [-0.2, 0) is 20.6 Å². The fourth-order valence-corrected chi connectivity index (χ4v) is 7.21. The van der Waals surface area contributed by atoms with Crippen LogP contribution in [0.5, 0.6) is 0 Å². The topological polar surface area (TPSA) is 78.8 Å². The zero-order valence-electron chi connectivity index (χ0n) is 18.0. The molecule has 1 heterocycles. The molecule has 0 spiro atoms. The van der Waals surface area contributed by atoms with E-state index in [1.165, 1.54) is 28.1 Å². The minimum Gasteiger partial charge on any atom is -0.325 e. The number of nitrogens with one attached hydrogen (secondary N) is 1. The molecule has 0 radical (unpaired) electrons. The molecule has 0 unspecified atom stereocenters. The number of sulfonamides is 1. The van der Waals surface area contributed by atoms with Gasteiger partial charge in [-0.3, -0.25) is 4.79 Å². The van der Waals surface area contributed by atoms with E-state index in [0.717, 1.165) is 41.5 Å². The molecule has 2 aromatic rings. The monoisotopic (exact) mass is 489 g/mol. The number of hydrogen-bond acceptors (Lipinski definition) is 6. The number of benzene rings is 2. The summed E-state index contributed by atoms with van der Waals surface area (Å²) in [4.78, 5) is 17.2. The van der Waals surface area contributed by atoms with Crippen molar-refractivity contribution in [1.82, 2.24) is 4.31 Å². The summed E-state index contributed by atoms with van der Waals surface area (Å²) in [5.41, 5.74) is 2.75. The number of carbonyl (C=O) groups excluding carboxylic acids is 1. The summed E-state index contributed by atoms with van der Waals surface area (Å²) in [6.45, 7) is 0. The first-order chi connectivity index (χ1) is 15.4. The molecule has 1 N–H and O–H groups in total. The Morgan fingerprint density at radius 1 is 1.12 bits per heavy atom. The third-order valence-corrected chi connectivity index (χ3v) is 9.95. The summed E-state index contributed by atoms with van der Waals surface area (Å²) in [5, 5.41) is 2.84. The Morgan fingerprint density at radius 3 is 2.59 bits per heavy atom. The molecule has 0 atom stereocenters. The third-order valence-electron chi connectivity index (χ3n) is 5.79. The number of amides is 1. The molecular weight excluding hydrogens is 462 g/mol. The first-order valence-electron chi connectivity index (χ1n) is 10.7. The Morgan fingerprint density at radius 2 is 1.84 bits per heavy atom. The predicted molar refractivity (Wildman–Crippen MR) is 134 cm³/mol. The summed E-state index contributed by atoms with van der Waals surface area (Å²) >= 11 is 3.05. The van der Waals surface area contributed by atoms with Crippen LogP contribution in [0.4, 0.5) is 11.4 Å². The van der Waals surface area contributed by atoms with Crippen LogP contribution in [0.2, 0.25) is 0 Å². The summed E-state index contributed by atoms with van der Waals surface area (Å²) in [5.74, 6) is 0.958. The van der Waals surface area contributed by atoms with E-state index in [0.29, 0.717) is 5.69 Å². The molecule has 1 fully saturated rings. The molecule has 2 aromatic carbocycles. The average Bonchev–Trinajstić information content (AvgIpc) is 2.83. The van der Waals surface area contributed by atoms with Gasteiger partial charge in [0.2, 0.25) is 15.9 Å². The van der Waals surface area contributed by atoms with E-state index in [9.17, 15) is 13.2 Å². The van der Waals surface area contributed by atoms with Gasteiger partial charge in [0.05, 0.1) is 16.3 Å². The number of hydrogen-bond donors (Lipinski definition) is 1. The highest BCUT2D eigenvalue weighted by molar-refractivity contribution is 8.38. The molecule has 0 saturated heterocycles. The number of rotatable bonds is 6. The van der Waals surface area contributed by atoms with Gasteiger partial charge < -0.3 is 5.32 Å². The Labute approximate surface area is 198 Å². The molecule has 0 aromatic heterocycles. The Hall–Kier alpha value is -1.81. The van der Waals surface area contributed by atoms with E-state index in [4.69, 9.17) is 0 Å². The number of para-hydroxylation sites is 1. The highest BCUT2D eigenvalue weighted by Gasteiger charge is 2.29. The van der Waals surface area contributed by atoms with Crippen molar-refractivity contribution in [3.05, 3.63) is 54.1 Å². The first kappa shape index (κ1) is 23.4. The summed E-state index contributed by atoms with van der Waals surface area (Å²) in [6.07, 6.45) is 5.15. The molecule has 0 bridgehead atoms. The van der Waals surface area contributed by atoms with Gasteiger partial charge in [-0.25, -0.2) is 13.4 Å². The van der Waals surface area contributed by atoms with Gasteiger partial charge in [-0.1, -0.05) is 61.0 Å². The van der Waals surface area contributed by atoms with E-state index < -0.39 is 10.0 Å². The quantitative estimate of drug-likeness (QED) is 0.600. The second-order valence-corrected chi connectivity index (χ2v) is 12.2. The highest BCUT2D eigenvalue weighted by Crippen LogP contribution is 2.34. The zero-order chi connectivity index (χ0) is 22.6. The van der Waals surface area contributed by atoms with Gasteiger partial charge >= 0.3 is 0 Å². The normalized spacial score (nSPS) is 17.0. The summed E-state index contributed by atoms with van der Waals surface area (Å²) in [7, 11) is -1.87. The van der Waals surface area contributed by atoms with Crippen LogP contribution in [0.15, 0.2) is 58.4 Å². The van der Waals surface area contributed by atoms with E-state index in [1.807, 2.05) is 18.2 Å². The maximum absolute atomic E-state index is 12.9. The van der Waals surface area contributed by atoms with Crippen LogP contribution < -0.4 is 5.32 Å². The maximum Gasteiger partial charge on any atom is 0.243 e. The van der Waals surface area contributed by atoms with Crippen molar-refractivity contribution in [2.45, 2.75) is 48.8 Å². The van der Waals surface area contributed by atoms with Crippen LogP contribution in [0.3, 0.4) is 0 Å². The Balaban J connectivity index is 1.32. The van der Waals surface area contributed by atoms with Crippen LogP contribution in [0, 0.1) is 0 Å². The van der Waals surface area contributed by atoms with Crippen LogP contribution in [0.25, 0.3) is 0 Å². The Bertz CT molecular complexity index is 1090. The van der Waals surface area contributed by atoms with Crippen LogP contribution in [0.1, 0.15) is 37.7 Å². The van der Waals surface area contributed by atoms with Crippen molar-refractivity contribution in [3.8, 4) is 0 Å². The van der Waals surface area contributed by atoms with Gasteiger partial charge in [0.15, 0.2) is 0 Å². The minimum absolute atomic E-state index is 0.0673. The molecular formula is C23H27N3O3S3. The van der Waals surface area contributed by atoms with E-state index in [1.54, 1.807) is 43.1 Å². The van der Waals surface area contributed by atoms with Crippen LogP contribution >= 0.6 is 23.5 Å². The minimum atomic E-state index is -3.53.